The topological polar surface area (TPSA) is 3.24 Å². The largest absolute Gasteiger partial charge is 0.459 e. The Morgan fingerprint density at radius 3 is 2.62 bits per heavy atom. The molecule has 48 valence electrons. The van der Waals surface area contributed by atoms with Crippen LogP contribution in [0.4, 0.5) is 0 Å². The van der Waals surface area contributed by atoms with E-state index in [2.05, 4.69) is 18.9 Å². The summed E-state index contributed by atoms with van der Waals surface area (Å²) in [4.78, 5) is 2.13. The molecule has 0 atom stereocenters. The van der Waals surface area contributed by atoms with Crippen LogP contribution in [0.2, 0.25) is 0 Å². The van der Waals surface area contributed by atoms with Crippen LogP contribution in [0.3, 0.4) is 0 Å². The van der Waals surface area contributed by atoms with Gasteiger partial charge in [0.25, 0.3) is 0 Å². The molecule has 1 aliphatic heterocycles. The molecule has 0 aromatic carbocycles. The van der Waals surface area contributed by atoms with E-state index >= 15 is 0 Å². The van der Waals surface area contributed by atoms with Gasteiger partial charge in [-0.2, -0.15) is 0 Å². The average molecular weight is 112 g/mol. The highest BCUT2D eigenvalue weighted by Gasteiger charge is 2.16. The Bertz CT molecular complexity index is 62.0. The van der Waals surface area contributed by atoms with E-state index < -0.39 is 0 Å². The van der Waals surface area contributed by atoms with Gasteiger partial charge in [-0.3, -0.25) is 7.05 Å². The Morgan fingerprint density at radius 1 is 1.62 bits per heavy atom. The maximum Gasteiger partial charge on any atom is -0.0206 e. The van der Waals surface area contributed by atoms with Crippen molar-refractivity contribution in [1.29, 1.82) is 0 Å². The molecule has 0 saturated carbocycles. The van der Waals surface area contributed by atoms with E-state index in [9.17, 15) is 0 Å². The highest BCUT2D eigenvalue weighted by atomic mass is 15.2. The SMILES string of the molecule is [CH2-]N1CC(CCC)C1. The molecule has 1 fully saturated rings. The van der Waals surface area contributed by atoms with E-state index in [1.54, 1.807) is 0 Å². The van der Waals surface area contributed by atoms with Crippen LogP contribution >= 0.6 is 0 Å². The van der Waals surface area contributed by atoms with Crippen molar-refractivity contribution in [3.8, 4) is 0 Å². The third-order valence-electron chi connectivity index (χ3n) is 1.73. The first-order chi connectivity index (χ1) is 3.83. The quantitative estimate of drug-likeness (QED) is 0.489. The maximum absolute atomic E-state index is 3.81. The van der Waals surface area contributed by atoms with Gasteiger partial charge in [-0.15, -0.1) is 0 Å². The van der Waals surface area contributed by atoms with E-state index in [-0.39, 0.29) is 0 Å². The summed E-state index contributed by atoms with van der Waals surface area (Å²) in [6, 6.07) is 0. The fourth-order valence-electron chi connectivity index (χ4n) is 1.27. The molecule has 0 bridgehead atoms. The number of nitrogens with zero attached hydrogens (tertiary/aromatic N) is 1. The van der Waals surface area contributed by atoms with E-state index in [1.807, 2.05) is 0 Å². The highest BCUT2D eigenvalue weighted by Crippen LogP contribution is 2.18. The van der Waals surface area contributed by atoms with Crippen LogP contribution in [-0.2, 0) is 0 Å². The second-order valence-electron chi connectivity index (χ2n) is 2.69. The van der Waals surface area contributed by atoms with Crippen molar-refractivity contribution < 1.29 is 0 Å². The number of hydrogen-bond acceptors (Lipinski definition) is 1. The summed E-state index contributed by atoms with van der Waals surface area (Å²) in [6.45, 7) is 4.70. The lowest BCUT2D eigenvalue weighted by molar-refractivity contribution is 0.147. The minimum atomic E-state index is 0.970. The van der Waals surface area contributed by atoms with Crippen LogP contribution in [0.1, 0.15) is 19.8 Å². The van der Waals surface area contributed by atoms with Crippen molar-refractivity contribution in [3.63, 3.8) is 0 Å². The molecule has 0 aromatic rings. The molecule has 8 heavy (non-hydrogen) atoms. The predicted molar refractivity (Wildman–Crippen MR) is 35.3 cm³/mol. The molecule has 0 aromatic heterocycles. The summed E-state index contributed by atoms with van der Waals surface area (Å²) in [5, 5.41) is 0. The van der Waals surface area contributed by atoms with Gasteiger partial charge in [0.1, 0.15) is 0 Å². The molecule has 1 heteroatoms. The average Bonchev–Trinajstić information content (AvgIpc) is 1.64. The smallest absolute Gasteiger partial charge is 0.0206 e. The van der Waals surface area contributed by atoms with Gasteiger partial charge in [-0.25, -0.2) is 0 Å². The lowest BCUT2D eigenvalue weighted by Crippen LogP contribution is -2.41. The first-order valence-corrected chi connectivity index (χ1v) is 3.38. The van der Waals surface area contributed by atoms with Crippen molar-refractivity contribution in [3.05, 3.63) is 7.05 Å². The van der Waals surface area contributed by atoms with Crippen LogP contribution in [-0.4, -0.2) is 18.0 Å². The van der Waals surface area contributed by atoms with Crippen LogP contribution in [0.5, 0.6) is 0 Å². The molecule has 1 saturated heterocycles. The predicted octanol–water partition coefficient (Wildman–Crippen LogP) is 1.51. The van der Waals surface area contributed by atoms with Crippen molar-refractivity contribution >= 4 is 0 Å². The van der Waals surface area contributed by atoms with E-state index in [0.29, 0.717) is 0 Å². The number of likely N-dealkylation sites (tertiary alicyclic amines) is 1. The number of rotatable bonds is 2. The molecule has 1 aliphatic rings. The molecule has 0 radical (unpaired) electrons. The molecular weight excluding hydrogens is 98.1 g/mol. The first kappa shape index (κ1) is 6.09. The van der Waals surface area contributed by atoms with Crippen molar-refractivity contribution in [2.24, 2.45) is 5.92 Å². The maximum atomic E-state index is 3.81. The van der Waals surface area contributed by atoms with Crippen LogP contribution in [0.15, 0.2) is 0 Å². The summed E-state index contributed by atoms with van der Waals surface area (Å²) in [6.07, 6.45) is 2.73. The molecule has 0 unspecified atom stereocenters. The second-order valence-corrected chi connectivity index (χ2v) is 2.69. The zero-order chi connectivity index (χ0) is 5.98. The minimum Gasteiger partial charge on any atom is -0.459 e. The second kappa shape index (κ2) is 2.49. The molecule has 1 nitrogen and oxygen atoms in total. The first-order valence-electron chi connectivity index (χ1n) is 3.38. The van der Waals surface area contributed by atoms with Gasteiger partial charge in [0, 0.05) is 0 Å². The zero-order valence-electron chi connectivity index (χ0n) is 5.56. The summed E-state index contributed by atoms with van der Waals surface area (Å²) in [7, 11) is 3.81. The number of hydrogen-bond donors (Lipinski definition) is 0. The van der Waals surface area contributed by atoms with Crippen molar-refractivity contribution in [2.75, 3.05) is 13.1 Å². The van der Waals surface area contributed by atoms with Crippen LogP contribution < -0.4 is 0 Å². The standard InChI is InChI=1S/C7H14N/c1-3-4-7-5-8(2)6-7/h7H,2-6H2,1H3/q-1. The third kappa shape index (κ3) is 1.22. The minimum absolute atomic E-state index is 0.970. The van der Waals surface area contributed by atoms with E-state index in [0.717, 1.165) is 5.92 Å². The Balaban J connectivity index is 1.98. The fourth-order valence-corrected chi connectivity index (χ4v) is 1.27. The van der Waals surface area contributed by atoms with Gasteiger partial charge in [-0.05, 0) is 25.4 Å². The normalized spacial score (nSPS) is 23.2. The molecule has 0 N–H and O–H groups in total. The molecular formula is C7H14N-. The highest BCUT2D eigenvalue weighted by molar-refractivity contribution is 4.77. The summed E-state index contributed by atoms with van der Waals surface area (Å²) < 4.78 is 0. The Morgan fingerprint density at radius 2 is 2.25 bits per heavy atom. The van der Waals surface area contributed by atoms with Gasteiger partial charge in [-0.1, -0.05) is 13.3 Å². The molecule has 1 rings (SSSR count). The Kier molecular flexibility index (Phi) is 1.90. The van der Waals surface area contributed by atoms with Gasteiger partial charge >= 0.3 is 0 Å². The lowest BCUT2D eigenvalue weighted by atomic mass is 9.96. The molecule has 0 amide bonds. The van der Waals surface area contributed by atoms with Gasteiger partial charge in [0.15, 0.2) is 0 Å². The van der Waals surface area contributed by atoms with E-state index in [1.165, 1.54) is 25.9 Å². The summed E-state index contributed by atoms with van der Waals surface area (Å²) in [5.74, 6) is 0.970. The van der Waals surface area contributed by atoms with Gasteiger partial charge in [0.2, 0.25) is 0 Å². The fraction of sp³-hybridized carbons (Fsp3) is 0.857. The van der Waals surface area contributed by atoms with Gasteiger partial charge in [0.05, 0.1) is 0 Å². The van der Waals surface area contributed by atoms with Crippen LogP contribution in [0.25, 0.3) is 0 Å². The molecule has 0 spiro atoms. The van der Waals surface area contributed by atoms with Crippen molar-refractivity contribution in [2.45, 2.75) is 19.8 Å². The Labute approximate surface area is 51.7 Å². The third-order valence-corrected chi connectivity index (χ3v) is 1.73. The van der Waals surface area contributed by atoms with Crippen molar-refractivity contribution in [1.82, 2.24) is 4.90 Å². The summed E-state index contributed by atoms with van der Waals surface area (Å²) in [5.41, 5.74) is 0. The molecule has 0 aliphatic carbocycles. The monoisotopic (exact) mass is 112 g/mol. The Hall–Kier alpha value is -0.0400. The van der Waals surface area contributed by atoms with Crippen LogP contribution in [0, 0.1) is 13.0 Å². The van der Waals surface area contributed by atoms with E-state index in [4.69, 9.17) is 0 Å². The molecule has 1 heterocycles. The lowest BCUT2D eigenvalue weighted by Gasteiger charge is -2.43. The van der Waals surface area contributed by atoms with Gasteiger partial charge < -0.3 is 4.90 Å². The summed E-state index contributed by atoms with van der Waals surface area (Å²) >= 11 is 0. The zero-order valence-corrected chi connectivity index (χ0v) is 5.56.